The average molecular weight is 248 g/mol. The summed E-state index contributed by atoms with van der Waals surface area (Å²) in [4.78, 5) is 0. The van der Waals surface area contributed by atoms with Gasteiger partial charge in [-0.3, -0.25) is 5.41 Å². The van der Waals surface area contributed by atoms with Crippen molar-refractivity contribution < 1.29 is 13.5 Å². The van der Waals surface area contributed by atoms with Crippen molar-refractivity contribution >= 4 is 5.84 Å². The molecular formula is C13H10F2N2O. The topological polar surface area (TPSA) is 59.1 Å². The number of amidine groups is 1. The van der Waals surface area contributed by atoms with Gasteiger partial charge in [0.2, 0.25) is 5.82 Å². The molecule has 0 unspecified atom stereocenters. The van der Waals surface area contributed by atoms with E-state index in [1.165, 1.54) is 18.2 Å². The fraction of sp³-hybridized carbons (Fsp3) is 0. The van der Waals surface area contributed by atoms with E-state index in [1.807, 2.05) is 0 Å². The summed E-state index contributed by atoms with van der Waals surface area (Å²) in [7, 11) is 0. The van der Waals surface area contributed by atoms with Crippen LogP contribution >= 0.6 is 0 Å². The van der Waals surface area contributed by atoms with Gasteiger partial charge in [0.25, 0.3) is 0 Å². The lowest BCUT2D eigenvalue weighted by Crippen LogP contribution is -2.12. The van der Waals surface area contributed by atoms with Crippen molar-refractivity contribution in [2.24, 2.45) is 5.73 Å². The van der Waals surface area contributed by atoms with Crippen molar-refractivity contribution in [2.45, 2.75) is 0 Å². The smallest absolute Gasteiger partial charge is 0.201 e. The number of rotatable bonds is 3. The van der Waals surface area contributed by atoms with Crippen LogP contribution in [0.2, 0.25) is 0 Å². The molecule has 0 saturated carbocycles. The van der Waals surface area contributed by atoms with Gasteiger partial charge in [-0.15, -0.1) is 0 Å². The van der Waals surface area contributed by atoms with Crippen molar-refractivity contribution in [1.82, 2.24) is 0 Å². The van der Waals surface area contributed by atoms with E-state index in [0.29, 0.717) is 5.56 Å². The van der Waals surface area contributed by atoms with Crippen LogP contribution in [0.1, 0.15) is 5.56 Å². The third kappa shape index (κ3) is 2.29. The summed E-state index contributed by atoms with van der Waals surface area (Å²) in [6.45, 7) is 0. The molecule has 0 aliphatic rings. The van der Waals surface area contributed by atoms with Gasteiger partial charge in [0.1, 0.15) is 11.6 Å². The third-order valence-corrected chi connectivity index (χ3v) is 2.31. The molecule has 3 nitrogen and oxygen atoms in total. The Morgan fingerprint density at radius 1 is 1.00 bits per heavy atom. The summed E-state index contributed by atoms with van der Waals surface area (Å²) >= 11 is 0. The lowest BCUT2D eigenvalue weighted by molar-refractivity contribution is 0.415. The molecule has 0 spiro atoms. The zero-order valence-corrected chi connectivity index (χ0v) is 9.28. The first-order valence-corrected chi connectivity index (χ1v) is 5.15. The van der Waals surface area contributed by atoms with Gasteiger partial charge in [-0.1, -0.05) is 18.2 Å². The zero-order valence-electron chi connectivity index (χ0n) is 9.28. The van der Waals surface area contributed by atoms with E-state index in [4.69, 9.17) is 15.9 Å². The van der Waals surface area contributed by atoms with Gasteiger partial charge < -0.3 is 10.5 Å². The molecule has 0 aromatic heterocycles. The zero-order chi connectivity index (χ0) is 13.1. The van der Waals surface area contributed by atoms with Crippen LogP contribution in [0, 0.1) is 17.0 Å². The van der Waals surface area contributed by atoms with Gasteiger partial charge in [0.15, 0.2) is 11.6 Å². The number of nitrogens with two attached hydrogens (primary N) is 1. The largest absolute Gasteiger partial charge is 0.453 e. The molecule has 0 aliphatic carbocycles. The third-order valence-electron chi connectivity index (χ3n) is 2.31. The molecule has 2 aromatic carbocycles. The van der Waals surface area contributed by atoms with Crippen molar-refractivity contribution in [2.75, 3.05) is 0 Å². The van der Waals surface area contributed by atoms with E-state index in [9.17, 15) is 8.78 Å². The van der Waals surface area contributed by atoms with Crippen LogP contribution in [-0.4, -0.2) is 5.84 Å². The highest BCUT2D eigenvalue weighted by atomic mass is 19.2. The minimum Gasteiger partial charge on any atom is -0.453 e. The molecule has 2 aromatic rings. The molecule has 0 atom stereocenters. The Kier molecular flexibility index (Phi) is 3.23. The highest BCUT2D eigenvalue weighted by Crippen LogP contribution is 2.28. The summed E-state index contributed by atoms with van der Waals surface area (Å²) < 4.78 is 31.7. The van der Waals surface area contributed by atoms with Gasteiger partial charge in [0, 0.05) is 0 Å². The van der Waals surface area contributed by atoms with E-state index in [1.54, 1.807) is 18.2 Å². The number of benzene rings is 2. The maximum Gasteiger partial charge on any atom is 0.201 e. The Balaban J connectivity index is 2.40. The maximum atomic E-state index is 13.4. The Morgan fingerprint density at radius 3 is 2.39 bits per heavy atom. The SMILES string of the molecule is N=C(N)c1ccccc1Oc1cccc(F)c1F. The summed E-state index contributed by atoms with van der Waals surface area (Å²) in [5.74, 6) is -2.32. The van der Waals surface area contributed by atoms with E-state index in [2.05, 4.69) is 0 Å². The molecule has 2 rings (SSSR count). The van der Waals surface area contributed by atoms with Crippen LogP contribution in [-0.2, 0) is 0 Å². The maximum absolute atomic E-state index is 13.4. The van der Waals surface area contributed by atoms with E-state index >= 15 is 0 Å². The highest BCUT2D eigenvalue weighted by molar-refractivity contribution is 5.97. The summed E-state index contributed by atoms with van der Waals surface area (Å²) in [6, 6.07) is 10.1. The highest BCUT2D eigenvalue weighted by Gasteiger charge is 2.12. The van der Waals surface area contributed by atoms with Gasteiger partial charge in [-0.25, -0.2) is 4.39 Å². The van der Waals surface area contributed by atoms with Crippen molar-refractivity contribution in [1.29, 1.82) is 5.41 Å². The first kappa shape index (κ1) is 12.0. The van der Waals surface area contributed by atoms with Crippen LogP contribution in [0.5, 0.6) is 11.5 Å². The first-order chi connectivity index (χ1) is 8.59. The first-order valence-electron chi connectivity index (χ1n) is 5.15. The van der Waals surface area contributed by atoms with E-state index in [0.717, 1.165) is 6.07 Å². The number of nitrogen functional groups attached to an aromatic ring is 1. The Hall–Kier alpha value is -2.43. The number of hydrogen-bond donors (Lipinski definition) is 2. The lowest BCUT2D eigenvalue weighted by Gasteiger charge is -2.10. The monoisotopic (exact) mass is 248 g/mol. The van der Waals surface area contributed by atoms with Gasteiger partial charge in [-0.2, -0.15) is 4.39 Å². The number of nitrogens with one attached hydrogen (secondary N) is 1. The number of hydrogen-bond acceptors (Lipinski definition) is 2. The van der Waals surface area contributed by atoms with Crippen molar-refractivity contribution in [3.63, 3.8) is 0 Å². The van der Waals surface area contributed by atoms with Gasteiger partial charge in [0.05, 0.1) is 5.56 Å². The minimum absolute atomic E-state index is 0.203. The Labute approximate surface area is 102 Å². The molecule has 0 amide bonds. The molecule has 0 fully saturated rings. The van der Waals surface area contributed by atoms with Crippen LogP contribution in [0.4, 0.5) is 8.78 Å². The Morgan fingerprint density at radius 2 is 1.67 bits per heavy atom. The molecule has 0 heterocycles. The second kappa shape index (κ2) is 4.83. The van der Waals surface area contributed by atoms with Crippen LogP contribution in [0.15, 0.2) is 42.5 Å². The fourth-order valence-corrected chi connectivity index (χ4v) is 1.46. The molecule has 0 radical (unpaired) electrons. The molecule has 18 heavy (non-hydrogen) atoms. The van der Waals surface area contributed by atoms with E-state index in [-0.39, 0.29) is 17.3 Å². The molecule has 92 valence electrons. The second-order valence-electron chi connectivity index (χ2n) is 3.56. The molecule has 0 saturated heterocycles. The van der Waals surface area contributed by atoms with Crippen LogP contribution in [0.25, 0.3) is 0 Å². The molecule has 5 heteroatoms. The lowest BCUT2D eigenvalue weighted by atomic mass is 10.2. The van der Waals surface area contributed by atoms with Crippen molar-refractivity contribution in [3.8, 4) is 11.5 Å². The predicted molar refractivity (Wildman–Crippen MR) is 63.9 cm³/mol. The van der Waals surface area contributed by atoms with Crippen LogP contribution < -0.4 is 10.5 Å². The van der Waals surface area contributed by atoms with Gasteiger partial charge in [-0.05, 0) is 24.3 Å². The quantitative estimate of drug-likeness (QED) is 0.647. The van der Waals surface area contributed by atoms with Crippen molar-refractivity contribution in [3.05, 3.63) is 59.7 Å². The summed E-state index contributed by atoms with van der Waals surface area (Å²) in [6.07, 6.45) is 0. The second-order valence-corrected chi connectivity index (χ2v) is 3.56. The fourth-order valence-electron chi connectivity index (χ4n) is 1.46. The molecule has 0 bridgehead atoms. The molecule has 0 aliphatic heterocycles. The number of ether oxygens (including phenoxy) is 1. The molecule has 3 N–H and O–H groups in total. The minimum atomic E-state index is -1.07. The normalized spacial score (nSPS) is 10.1. The standard InChI is InChI=1S/C13H10F2N2O/c14-9-5-3-7-11(12(9)15)18-10-6-2-1-4-8(10)13(16)17/h1-7H,(H3,16,17). The molecular weight excluding hydrogens is 238 g/mol. The van der Waals surface area contributed by atoms with E-state index < -0.39 is 11.6 Å². The predicted octanol–water partition coefficient (Wildman–Crippen LogP) is 3.04. The summed E-state index contributed by atoms with van der Waals surface area (Å²) in [5, 5.41) is 7.37. The van der Waals surface area contributed by atoms with Crippen LogP contribution in [0.3, 0.4) is 0 Å². The summed E-state index contributed by atoms with van der Waals surface area (Å²) in [5.41, 5.74) is 5.69. The number of halogens is 2. The van der Waals surface area contributed by atoms with Gasteiger partial charge >= 0.3 is 0 Å². The number of para-hydroxylation sites is 1. The Bertz CT molecular complexity index is 599. The average Bonchev–Trinajstić information content (AvgIpc) is 2.35.